The molecule has 1 aliphatic rings. The van der Waals surface area contributed by atoms with Crippen molar-refractivity contribution in [1.29, 1.82) is 0 Å². The maximum atomic E-state index is 12.7. The van der Waals surface area contributed by atoms with Gasteiger partial charge in [0.05, 0.1) is 5.69 Å². The van der Waals surface area contributed by atoms with E-state index in [0.29, 0.717) is 10.7 Å². The van der Waals surface area contributed by atoms with E-state index in [1.54, 1.807) is 11.3 Å². The molecule has 0 bridgehead atoms. The van der Waals surface area contributed by atoms with Crippen LogP contribution < -0.4 is 5.32 Å². The zero-order chi connectivity index (χ0) is 20.3. The molecule has 1 amide bonds. The highest BCUT2D eigenvalue weighted by molar-refractivity contribution is 7.15. The second-order valence-corrected chi connectivity index (χ2v) is 8.51. The molecule has 2 aromatic heterocycles. The average Bonchev–Trinajstić information content (AvgIpc) is 3.44. The fraction of sp³-hybridized carbons (Fsp3) is 0.167. The molecular formula is C24H22N4OS. The Morgan fingerprint density at radius 2 is 1.77 bits per heavy atom. The Balaban J connectivity index is 1.24. The van der Waals surface area contributed by atoms with E-state index in [9.17, 15) is 4.79 Å². The third kappa shape index (κ3) is 4.06. The standard InChI is InChI=1S/C24H22N4OS/c29-23(19-8-10-20(11-9-19)28-13-4-5-14-28)26-24-25-21-12-15-27(17-22(21)30-24)16-18-6-2-1-3-7-18/h1-11,13-14H,12,15-17H2,(H,25,26,29). The van der Waals surface area contributed by atoms with Gasteiger partial charge in [-0.2, -0.15) is 0 Å². The number of hydrogen-bond donors (Lipinski definition) is 1. The van der Waals surface area contributed by atoms with Gasteiger partial charge in [-0.05, 0) is 42.0 Å². The van der Waals surface area contributed by atoms with E-state index in [1.807, 2.05) is 59.4 Å². The Morgan fingerprint density at radius 1 is 1.00 bits per heavy atom. The lowest BCUT2D eigenvalue weighted by molar-refractivity contribution is 0.102. The van der Waals surface area contributed by atoms with E-state index >= 15 is 0 Å². The summed E-state index contributed by atoms with van der Waals surface area (Å²) in [6.45, 7) is 2.80. The van der Waals surface area contributed by atoms with Gasteiger partial charge in [0.15, 0.2) is 5.13 Å². The number of benzene rings is 2. The maximum absolute atomic E-state index is 12.7. The Morgan fingerprint density at radius 3 is 2.53 bits per heavy atom. The number of nitrogens with zero attached hydrogens (tertiary/aromatic N) is 3. The van der Waals surface area contributed by atoms with Crippen LogP contribution in [0.3, 0.4) is 0 Å². The van der Waals surface area contributed by atoms with Gasteiger partial charge in [0, 0.05) is 54.6 Å². The van der Waals surface area contributed by atoms with E-state index in [4.69, 9.17) is 0 Å². The number of amides is 1. The van der Waals surface area contributed by atoms with Gasteiger partial charge in [0.2, 0.25) is 0 Å². The van der Waals surface area contributed by atoms with Crippen LogP contribution in [0.4, 0.5) is 5.13 Å². The molecule has 30 heavy (non-hydrogen) atoms. The normalized spacial score (nSPS) is 13.7. The van der Waals surface area contributed by atoms with Crippen molar-refractivity contribution in [2.75, 3.05) is 11.9 Å². The van der Waals surface area contributed by atoms with Gasteiger partial charge >= 0.3 is 0 Å². The molecule has 0 saturated carbocycles. The molecule has 0 saturated heterocycles. The lowest BCUT2D eigenvalue weighted by atomic mass is 10.1. The first-order chi connectivity index (χ1) is 14.7. The summed E-state index contributed by atoms with van der Waals surface area (Å²) >= 11 is 1.58. The summed E-state index contributed by atoms with van der Waals surface area (Å²) in [6, 6.07) is 22.1. The number of fused-ring (bicyclic) bond motifs is 1. The van der Waals surface area contributed by atoms with Gasteiger partial charge in [0.25, 0.3) is 5.91 Å². The number of nitrogens with one attached hydrogen (secondary N) is 1. The molecular weight excluding hydrogens is 392 g/mol. The molecule has 3 heterocycles. The number of hydrogen-bond acceptors (Lipinski definition) is 4. The van der Waals surface area contributed by atoms with Crippen molar-refractivity contribution in [3.8, 4) is 5.69 Å². The maximum Gasteiger partial charge on any atom is 0.257 e. The molecule has 6 heteroatoms. The molecule has 0 aliphatic carbocycles. The molecule has 4 aromatic rings. The number of aromatic nitrogens is 2. The van der Waals surface area contributed by atoms with Gasteiger partial charge in [-0.25, -0.2) is 4.98 Å². The topological polar surface area (TPSA) is 50.2 Å². The van der Waals surface area contributed by atoms with Crippen molar-refractivity contribution in [3.05, 3.63) is 101 Å². The molecule has 0 unspecified atom stereocenters. The zero-order valence-electron chi connectivity index (χ0n) is 16.5. The molecule has 5 rings (SSSR count). The second-order valence-electron chi connectivity index (χ2n) is 7.43. The highest BCUT2D eigenvalue weighted by Gasteiger charge is 2.21. The van der Waals surface area contributed by atoms with Crippen LogP contribution in [-0.4, -0.2) is 26.9 Å². The lowest BCUT2D eigenvalue weighted by Gasteiger charge is -2.25. The highest BCUT2D eigenvalue weighted by Crippen LogP contribution is 2.29. The summed E-state index contributed by atoms with van der Waals surface area (Å²) in [4.78, 5) is 21.0. The molecule has 1 N–H and O–H groups in total. The van der Waals surface area contributed by atoms with Crippen LogP contribution in [0.5, 0.6) is 0 Å². The predicted molar refractivity (Wildman–Crippen MR) is 120 cm³/mol. The van der Waals surface area contributed by atoms with E-state index in [1.165, 1.54) is 10.4 Å². The highest BCUT2D eigenvalue weighted by atomic mass is 32.1. The van der Waals surface area contributed by atoms with Crippen molar-refractivity contribution in [2.24, 2.45) is 0 Å². The fourth-order valence-corrected chi connectivity index (χ4v) is 4.78. The fourth-order valence-electron chi connectivity index (χ4n) is 3.74. The van der Waals surface area contributed by atoms with E-state index < -0.39 is 0 Å². The van der Waals surface area contributed by atoms with Crippen molar-refractivity contribution in [2.45, 2.75) is 19.5 Å². The van der Waals surface area contributed by atoms with Gasteiger partial charge in [-0.15, -0.1) is 11.3 Å². The Labute approximate surface area is 179 Å². The molecule has 150 valence electrons. The molecule has 5 nitrogen and oxygen atoms in total. The smallest absolute Gasteiger partial charge is 0.257 e. The molecule has 0 radical (unpaired) electrons. The number of thiazole rings is 1. The van der Waals surface area contributed by atoms with Crippen LogP contribution in [0.25, 0.3) is 5.69 Å². The monoisotopic (exact) mass is 414 g/mol. The Bertz CT molecular complexity index is 1130. The van der Waals surface area contributed by atoms with Crippen LogP contribution in [0.2, 0.25) is 0 Å². The molecule has 0 spiro atoms. The first-order valence-electron chi connectivity index (χ1n) is 10.0. The summed E-state index contributed by atoms with van der Waals surface area (Å²) in [5, 5.41) is 3.66. The SMILES string of the molecule is O=C(Nc1nc2c(s1)CN(Cc1ccccc1)CC2)c1ccc(-n2cccc2)cc1. The van der Waals surface area contributed by atoms with Crippen LogP contribution in [0.15, 0.2) is 79.1 Å². The Hall–Kier alpha value is -3.22. The van der Waals surface area contributed by atoms with E-state index in [-0.39, 0.29) is 5.91 Å². The van der Waals surface area contributed by atoms with Crippen LogP contribution in [-0.2, 0) is 19.5 Å². The number of rotatable bonds is 5. The van der Waals surface area contributed by atoms with Gasteiger partial charge < -0.3 is 4.57 Å². The summed E-state index contributed by atoms with van der Waals surface area (Å²) in [7, 11) is 0. The van der Waals surface area contributed by atoms with Gasteiger partial charge in [-0.3, -0.25) is 15.0 Å². The van der Waals surface area contributed by atoms with Crippen molar-refractivity contribution >= 4 is 22.4 Å². The zero-order valence-corrected chi connectivity index (χ0v) is 17.3. The largest absolute Gasteiger partial charge is 0.324 e. The minimum atomic E-state index is -0.124. The minimum Gasteiger partial charge on any atom is -0.324 e. The van der Waals surface area contributed by atoms with E-state index in [0.717, 1.165) is 37.4 Å². The van der Waals surface area contributed by atoms with Crippen molar-refractivity contribution < 1.29 is 4.79 Å². The van der Waals surface area contributed by atoms with Crippen LogP contribution >= 0.6 is 11.3 Å². The number of carbonyl (C=O) groups is 1. The number of carbonyl (C=O) groups excluding carboxylic acids is 1. The van der Waals surface area contributed by atoms with E-state index in [2.05, 4.69) is 39.5 Å². The molecule has 0 fully saturated rings. The van der Waals surface area contributed by atoms with Gasteiger partial charge in [-0.1, -0.05) is 30.3 Å². The summed E-state index contributed by atoms with van der Waals surface area (Å²) in [5.74, 6) is -0.124. The predicted octanol–water partition coefficient (Wildman–Crippen LogP) is 4.74. The third-order valence-corrected chi connectivity index (χ3v) is 6.31. The quantitative estimate of drug-likeness (QED) is 0.513. The van der Waals surface area contributed by atoms with Crippen molar-refractivity contribution in [3.63, 3.8) is 0 Å². The van der Waals surface area contributed by atoms with Crippen molar-refractivity contribution in [1.82, 2.24) is 14.5 Å². The molecule has 2 aromatic carbocycles. The van der Waals surface area contributed by atoms with Crippen LogP contribution in [0.1, 0.15) is 26.5 Å². The minimum absolute atomic E-state index is 0.124. The molecule has 1 aliphatic heterocycles. The summed E-state index contributed by atoms with van der Waals surface area (Å²) in [5.41, 5.74) is 4.09. The second kappa shape index (κ2) is 8.26. The first-order valence-corrected chi connectivity index (χ1v) is 10.9. The lowest BCUT2D eigenvalue weighted by Crippen LogP contribution is -2.29. The van der Waals surface area contributed by atoms with Crippen LogP contribution in [0, 0.1) is 0 Å². The average molecular weight is 415 g/mol. The van der Waals surface area contributed by atoms with Gasteiger partial charge in [0.1, 0.15) is 0 Å². The first kappa shape index (κ1) is 18.8. The summed E-state index contributed by atoms with van der Waals surface area (Å²) in [6.07, 6.45) is 4.88. The Kier molecular flexibility index (Phi) is 5.17. The summed E-state index contributed by atoms with van der Waals surface area (Å²) < 4.78 is 2.01. The molecule has 0 atom stereocenters. The number of anilines is 1. The third-order valence-electron chi connectivity index (χ3n) is 5.31.